The van der Waals surface area contributed by atoms with Crippen LogP contribution in [-0.4, -0.2) is 48.5 Å². The number of carbonyl (C=O) groups is 1. The second-order valence-electron chi connectivity index (χ2n) is 5.96. The molecule has 1 aromatic rings. The van der Waals surface area contributed by atoms with Gasteiger partial charge in [0.1, 0.15) is 12.0 Å². The predicted octanol–water partition coefficient (Wildman–Crippen LogP) is 0.282. The van der Waals surface area contributed by atoms with Gasteiger partial charge in [0.2, 0.25) is 5.91 Å². The molecule has 1 amide bonds. The van der Waals surface area contributed by atoms with Crippen molar-refractivity contribution < 1.29 is 14.6 Å². The topological polar surface area (TPSA) is 65.9 Å². The van der Waals surface area contributed by atoms with Gasteiger partial charge in [0.05, 0.1) is 24.3 Å². The number of aliphatic hydroxyl groups excluding tert-OH is 1. The van der Waals surface area contributed by atoms with Crippen LogP contribution in [0, 0.1) is 5.92 Å². The molecule has 3 atom stereocenters. The summed E-state index contributed by atoms with van der Waals surface area (Å²) in [6.45, 7) is 6.50. The van der Waals surface area contributed by atoms with E-state index in [0.29, 0.717) is 18.6 Å². The van der Waals surface area contributed by atoms with Crippen molar-refractivity contribution in [3.63, 3.8) is 0 Å². The van der Waals surface area contributed by atoms with Crippen molar-refractivity contribution in [3.05, 3.63) is 11.6 Å². The molecule has 0 saturated carbocycles. The molecule has 0 spiro atoms. The summed E-state index contributed by atoms with van der Waals surface area (Å²) in [5.74, 6) is 0.754. The Morgan fingerprint density at radius 3 is 2.77 bits per heavy atom. The summed E-state index contributed by atoms with van der Waals surface area (Å²) in [7, 11) is 2.61. The molecule has 0 aromatic carbocycles. The summed E-state index contributed by atoms with van der Waals surface area (Å²) >= 11 is 0. The molecule has 0 aliphatic carbocycles. The summed E-state index contributed by atoms with van der Waals surface area (Å²) in [5, 5.41) is 10.3. The Kier molecular flexibility index (Phi) is 4.35. The number of morpholine rings is 1. The molecule has 1 fully saturated rings. The Balaban J connectivity index is 2.03. The molecule has 22 heavy (non-hydrogen) atoms. The summed E-state index contributed by atoms with van der Waals surface area (Å²) < 4.78 is 5.38. The van der Waals surface area contributed by atoms with E-state index in [2.05, 4.69) is 19.1 Å². The van der Waals surface area contributed by atoms with E-state index in [0.717, 1.165) is 36.6 Å². The molecule has 1 saturated heterocycles. The van der Waals surface area contributed by atoms with Crippen molar-refractivity contribution in [1.82, 2.24) is 4.98 Å². The smallest absolute Gasteiger partial charge is 0.226 e. The van der Waals surface area contributed by atoms with E-state index in [1.165, 1.54) is 11.8 Å². The maximum Gasteiger partial charge on any atom is 0.226 e. The predicted molar refractivity (Wildman–Crippen MR) is 88.6 cm³/mol. The van der Waals surface area contributed by atoms with Crippen LogP contribution in [0.25, 0.3) is 0 Å². The van der Waals surface area contributed by atoms with Crippen LogP contribution in [0.5, 0.6) is 0 Å². The average molecular weight is 323 g/mol. The zero-order chi connectivity index (χ0) is 15.9. The normalized spacial score (nSPS) is 25.1. The van der Waals surface area contributed by atoms with Gasteiger partial charge in [0.15, 0.2) is 0 Å². The minimum Gasteiger partial charge on any atom is -0.378 e. The van der Waals surface area contributed by atoms with Gasteiger partial charge in [0, 0.05) is 25.9 Å². The highest BCUT2D eigenvalue weighted by atomic mass is 31.0. The molecule has 7 heteroatoms. The number of anilines is 2. The summed E-state index contributed by atoms with van der Waals surface area (Å²) in [5.41, 5.74) is 2.51. The Morgan fingerprint density at radius 1 is 1.45 bits per heavy atom. The summed E-state index contributed by atoms with van der Waals surface area (Å²) in [6.07, 6.45) is -0.0537. The average Bonchev–Trinajstić information content (AvgIpc) is 2.49. The maximum atomic E-state index is 12.0. The van der Waals surface area contributed by atoms with Crippen molar-refractivity contribution in [2.45, 2.75) is 26.5 Å². The number of carbonyl (C=O) groups excluding carboxylic acids is 1. The van der Waals surface area contributed by atoms with Crippen molar-refractivity contribution in [3.8, 4) is 0 Å². The molecule has 3 unspecified atom stereocenters. The number of nitrogens with zero attached hydrogens (tertiary/aromatic N) is 3. The lowest BCUT2D eigenvalue weighted by molar-refractivity contribution is -0.119. The minimum atomic E-state index is -0.791. The number of hydrogen-bond donors (Lipinski definition) is 1. The Labute approximate surface area is 132 Å². The first-order valence-corrected chi connectivity index (χ1v) is 8.16. The van der Waals surface area contributed by atoms with Gasteiger partial charge in [-0.05, 0) is 18.1 Å². The third-order valence-electron chi connectivity index (χ3n) is 4.32. The highest BCUT2D eigenvalue weighted by molar-refractivity contribution is 7.27. The molecule has 0 radical (unpaired) electrons. The Hall–Kier alpha value is -1.23. The number of aliphatic hydroxyl groups is 1. The number of hydrogen-bond acceptors (Lipinski definition) is 5. The van der Waals surface area contributed by atoms with Crippen LogP contribution in [0.1, 0.15) is 19.4 Å². The fraction of sp³-hybridized carbons (Fsp3) is 0.600. The van der Waals surface area contributed by atoms with Gasteiger partial charge >= 0.3 is 0 Å². The number of aromatic nitrogens is 1. The lowest BCUT2D eigenvalue weighted by atomic mass is 9.93. The first-order valence-electron chi connectivity index (χ1n) is 7.59. The lowest BCUT2D eigenvalue weighted by Crippen LogP contribution is -2.49. The van der Waals surface area contributed by atoms with E-state index in [4.69, 9.17) is 4.74 Å². The highest BCUT2D eigenvalue weighted by Crippen LogP contribution is 2.34. The number of pyridine rings is 1. The standard InChI is InChI=1S/C15H22N3O3P/c1-9-7-11-8-12(17-3-5-21-6-4-17)16-14(22)13(11)18(10(2)19)15(9)20/h8-9,15,20H,3-7,22H2,1-2H3. The van der Waals surface area contributed by atoms with Gasteiger partial charge in [-0.1, -0.05) is 16.2 Å². The molecule has 3 heterocycles. The van der Waals surface area contributed by atoms with E-state index < -0.39 is 6.23 Å². The fourth-order valence-corrected chi connectivity index (χ4v) is 3.63. The van der Waals surface area contributed by atoms with Crippen LogP contribution in [0.2, 0.25) is 0 Å². The Morgan fingerprint density at radius 2 is 2.14 bits per heavy atom. The van der Waals surface area contributed by atoms with E-state index in [9.17, 15) is 9.90 Å². The first-order chi connectivity index (χ1) is 10.5. The largest absolute Gasteiger partial charge is 0.378 e. The first kappa shape index (κ1) is 15.7. The summed E-state index contributed by atoms with van der Waals surface area (Å²) in [4.78, 5) is 20.2. The molecule has 120 valence electrons. The van der Waals surface area contributed by atoms with Gasteiger partial charge in [0.25, 0.3) is 0 Å². The van der Waals surface area contributed by atoms with Gasteiger partial charge in [-0.15, -0.1) is 0 Å². The number of rotatable bonds is 1. The second-order valence-corrected chi connectivity index (χ2v) is 6.50. The van der Waals surface area contributed by atoms with Crippen LogP contribution in [-0.2, 0) is 16.0 Å². The molecule has 3 rings (SSSR count). The number of ether oxygens (including phenoxy) is 1. The monoisotopic (exact) mass is 323 g/mol. The van der Waals surface area contributed by atoms with Gasteiger partial charge < -0.3 is 14.7 Å². The quantitative estimate of drug-likeness (QED) is 0.752. The molecule has 2 aliphatic heterocycles. The SMILES string of the molecule is CC(=O)N1c2c(cc(N3CCOCC3)nc2P)CC(C)C1O. The van der Waals surface area contributed by atoms with Crippen LogP contribution in [0.4, 0.5) is 11.5 Å². The van der Waals surface area contributed by atoms with Crippen molar-refractivity contribution in [2.24, 2.45) is 5.92 Å². The van der Waals surface area contributed by atoms with Gasteiger partial charge in [-0.3, -0.25) is 9.69 Å². The maximum absolute atomic E-state index is 12.0. The summed E-state index contributed by atoms with van der Waals surface area (Å²) in [6, 6.07) is 2.05. The van der Waals surface area contributed by atoms with E-state index in [1.807, 2.05) is 13.0 Å². The molecule has 6 nitrogen and oxygen atoms in total. The third kappa shape index (κ3) is 2.71. The third-order valence-corrected chi connectivity index (χ3v) is 4.72. The van der Waals surface area contributed by atoms with Crippen molar-refractivity contribution in [1.29, 1.82) is 0 Å². The minimum absolute atomic E-state index is 0.000684. The highest BCUT2D eigenvalue weighted by Gasteiger charge is 2.35. The zero-order valence-corrected chi connectivity index (χ0v) is 14.1. The van der Waals surface area contributed by atoms with Crippen LogP contribution >= 0.6 is 9.24 Å². The molecular weight excluding hydrogens is 301 g/mol. The van der Waals surface area contributed by atoms with Crippen molar-refractivity contribution in [2.75, 3.05) is 36.1 Å². The molecule has 1 aromatic heterocycles. The van der Waals surface area contributed by atoms with Gasteiger partial charge in [-0.2, -0.15) is 0 Å². The molecular formula is C15H22N3O3P. The fourth-order valence-electron chi connectivity index (χ4n) is 3.17. The van der Waals surface area contributed by atoms with Crippen LogP contribution in [0.3, 0.4) is 0 Å². The number of fused-ring (bicyclic) bond motifs is 1. The molecule has 1 N–H and O–H groups in total. The molecule has 2 aliphatic rings. The number of amides is 1. The van der Waals surface area contributed by atoms with Crippen LogP contribution in [0.15, 0.2) is 6.07 Å². The van der Waals surface area contributed by atoms with E-state index in [-0.39, 0.29) is 11.8 Å². The van der Waals surface area contributed by atoms with Gasteiger partial charge in [-0.25, -0.2) is 4.98 Å². The van der Waals surface area contributed by atoms with Crippen LogP contribution < -0.4 is 15.2 Å². The Bertz CT molecular complexity index is 590. The lowest BCUT2D eigenvalue weighted by Gasteiger charge is -2.39. The molecule has 0 bridgehead atoms. The van der Waals surface area contributed by atoms with Crippen molar-refractivity contribution >= 4 is 32.1 Å². The van der Waals surface area contributed by atoms with E-state index >= 15 is 0 Å². The zero-order valence-electron chi connectivity index (χ0n) is 13.0. The van der Waals surface area contributed by atoms with E-state index in [1.54, 1.807) is 0 Å². The second kappa shape index (κ2) is 6.11.